The first-order valence-corrected chi connectivity index (χ1v) is 14.3. The fourth-order valence-electron chi connectivity index (χ4n) is 5.40. The molecule has 200 valence electrons. The summed E-state index contributed by atoms with van der Waals surface area (Å²) >= 11 is 0. The zero-order valence-corrected chi connectivity index (χ0v) is 22.8. The minimum Gasteiger partial charge on any atom is -0.497 e. The van der Waals surface area contributed by atoms with E-state index in [0.29, 0.717) is 35.2 Å². The Morgan fingerprint density at radius 3 is 2.51 bits per heavy atom. The Hall–Kier alpha value is -3.90. The van der Waals surface area contributed by atoms with Gasteiger partial charge in [0.25, 0.3) is 10.0 Å². The molecular weight excluding hydrogens is 510 g/mol. The average Bonchev–Trinajstić information content (AvgIpc) is 3.37. The zero-order valence-electron chi connectivity index (χ0n) is 22.0. The van der Waals surface area contributed by atoms with Crippen LogP contribution in [0.4, 0.5) is 5.69 Å². The number of hydrogen-bond acceptors (Lipinski definition) is 5. The molecule has 1 N–H and O–H groups in total. The Kier molecular flexibility index (Phi) is 7.58. The van der Waals surface area contributed by atoms with Gasteiger partial charge in [0.05, 0.1) is 29.8 Å². The Bertz CT molecular complexity index is 1650. The SMILES string of the molecule is [C-]#[N+]c1ccc2c(c1)cc(C(O)[C@@H]1CCN(Cc3ccc(OC)cc3)C/C1=C/C)n2S(=O)(=O)c1ccccc1. The number of fused-ring (bicyclic) bond motifs is 1. The molecule has 5 rings (SSSR count). The van der Waals surface area contributed by atoms with Gasteiger partial charge in [0, 0.05) is 19.0 Å². The molecule has 0 amide bonds. The molecule has 1 aromatic heterocycles. The minimum atomic E-state index is -4.00. The van der Waals surface area contributed by atoms with Gasteiger partial charge in [0.1, 0.15) is 11.9 Å². The van der Waals surface area contributed by atoms with E-state index in [2.05, 4.69) is 21.9 Å². The number of likely N-dealkylation sites (tertiary alicyclic amines) is 1. The van der Waals surface area contributed by atoms with Crippen molar-refractivity contribution in [3.63, 3.8) is 0 Å². The molecule has 1 unspecified atom stereocenters. The smallest absolute Gasteiger partial charge is 0.268 e. The lowest BCUT2D eigenvalue weighted by molar-refractivity contribution is 0.0866. The lowest BCUT2D eigenvalue weighted by Gasteiger charge is -2.37. The molecule has 1 aliphatic heterocycles. The van der Waals surface area contributed by atoms with Crippen LogP contribution in [0.5, 0.6) is 5.75 Å². The fraction of sp³-hybridized carbons (Fsp3) is 0.258. The van der Waals surface area contributed by atoms with Crippen molar-refractivity contribution in [1.82, 2.24) is 8.87 Å². The van der Waals surface area contributed by atoms with E-state index in [9.17, 15) is 13.5 Å². The van der Waals surface area contributed by atoms with Crippen molar-refractivity contribution in [2.45, 2.75) is 30.9 Å². The van der Waals surface area contributed by atoms with Crippen molar-refractivity contribution in [1.29, 1.82) is 0 Å². The maximum Gasteiger partial charge on any atom is 0.268 e. The van der Waals surface area contributed by atoms with Crippen molar-refractivity contribution in [2.75, 3.05) is 20.2 Å². The lowest BCUT2D eigenvalue weighted by atomic mass is 9.84. The number of allylic oxidation sites excluding steroid dienone is 1. The van der Waals surface area contributed by atoms with E-state index in [1.54, 1.807) is 61.7 Å². The molecule has 39 heavy (non-hydrogen) atoms. The van der Waals surface area contributed by atoms with Crippen LogP contribution in [0.25, 0.3) is 15.7 Å². The standard InChI is InChI=1S/C31H31N3O4S/c1-4-23-21-33(20-22-10-13-26(38-3)14-11-22)17-16-28(23)31(35)30-19-24-18-25(32-2)12-15-29(24)34(30)39(36,37)27-8-6-5-7-9-27/h4-15,18-19,28,31,35H,16-17,20-21H2,1,3H3/b23-4-/t28-,31?/m1/s1. The van der Waals surface area contributed by atoms with Crippen molar-refractivity contribution in [3.05, 3.63) is 113 Å². The summed E-state index contributed by atoms with van der Waals surface area (Å²) in [7, 11) is -2.35. The van der Waals surface area contributed by atoms with E-state index in [1.165, 1.54) is 9.54 Å². The number of ether oxygens (including phenoxy) is 1. The topological polar surface area (TPSA) is 76.1 Å². The van der Waals surface area contributed by atoms with Crippen LogP contribution in [-0.4, -0.2) is 42.6 Å². The molecule has 0 bridgehead atoms. The molecule has 7 nitrogen and oxygen atoms in total. The number of piperidine rings is 1. The largest absolute Gasteiger partial charge is 0.497 e. The number of aliphatic hydroxyl groups is 1. The molecule has 1 aliphatic rings. The van der Waals surface area contributed by atoms with Crippen molar-refractivity contribution in [3.8, 4) is 5.75 Å². The Morgan fingerprint density at radius 1 is 1.10 bits per heavy atom. The molecule has 0 aliphatic carbocycles. The monoisotopic (exact) mass is 541 g/mol. The molecule has 1 saturated heterocycles. The van der Waals surface area contributed by atoms with E-state index in [-0.39, 0.29) is 10.8 Å². The van der Waals surface area contributed by atoms with Gasteiger partial charge in [0.2, 0.25) is 0 Å². The van der Waals surface area contributed by atoms with E-state index in [4.69, 9.17) is 11.3 Å². The fourth-order valence-corrected chi connectivity index (χ4v) is 6.97. The summed E-state index contributed by atoms with van der Waals surface area (Å²) in [6.07, 6.45) is 1.67. The van der Waals surface area contributed by atoms with E-state index in [0.717, 1.165) is 24.4 Å². The van der Waals surface area contributed by atoms with Crippen molar-refractivity contribution in [2.24, 2.45) is 5.92 Å². The summed E-state index contributed by atoms with van der Waals surface area (Å²) in [5, 5.41) is 12.4. The van der Waals surface area contributed by atoms with Gasteiger partial charge in [-0.15, -0.1) is 0 Å². The number of benzene rings is 3. The molecule has 0 radical (unpaired) electrons. The number of nitrogens with zero attached hydrogens (tertiary/aromatic N) is 3. The van der Waals surface area contributed by atoms with Crippen LogP contribution in [-0.2, 0) is 16.6 Å². The first-order chi connectivity index (χ1) is 18.8. The van der Waals surface area contributed by atoms with Crippen molar-refractivity contribution < 1.29 is 18.3 Å². The van der Waals surface area contributed by atoms with Crippen LogP contribution in [0.1, 0.15) is 30.7 Å². The van der Waals surface area contributed by atoms with Crippen LogP contribution in [0.15, 0.2) is 95.4 Å². The molecule has 8 heteroatoms. The predicted octanol–water partition coefficient (Wildman–Crippen LogP) is 5.94. The van der Waals surface area contributed by atoms with Gasteiger partial charge in [-0.2, -0.15) is 0 Å². The van der Waals surface area contributed by atoms with Crippen LogP contribution in [0.3, 0.4) is 0 Å². The number of methoxy groups -OCH3 is 1. The molecule has 0 saturated carbocycles. The normalized spacial score (nSPS) is 18.2. The summed E-state index contributed by atoms with van der Waals surface area (Å²) in [5.41, 5.74) is 3.41. The third kappa shape index (κ3) is 5.21. The van der Waals surface area contributed by atoms with Crippen LogP contribution in [0.2, 0.25) is 0 Å². The van der Waals surface area contributed by atoms with Crippen LogP contribution >= 0.6 is 0 Å². The summed E-state index contributed by atoms with van der Waals surface area (Å²) in [4.78, 5) is 5.98. The van der Waals surface area contributed by atoms with E-state index in [1.807, 2.05) is 25.1 Å². The number of aromatic nitrogens is 1. The molecule has 2 atom stereocenters. The Morgan fingerprint density at radius 2 is 1.85 bits per heavy atom. The second-order valence-corrected chi connectivity index (χ2v) is 11.6. The maximum absolute atomic E-state index is 13.9. The predicted molar refractivity (Wildman–Crippen MR) is 152 cm³/mol. The van der Waals surface area contributed by atoms with Gasteiger partial charge in [-0.3, -0.25) is 4.90 Å². The number of rotatable bonds is 7. The average molecular weight is 542 g/mol. The molecular formula is C31H31N3O4S. The lowest BCUT2D eigenvalue weighted by Crippen LogP contribution is -2.37. The third-order valence-corrected chi connectivity index (χ3v) is 9.19. The molecule has 4 aromatic rings. The highest BCUT2D eigenvalue weighted by molar-refractivity contribution is 7.90. The highest BCUT2D eigenvalue weighted by Gasteiger charge is 2.34. The third-order valence-electron chi connectivity index (χ3n) is 7.44. The van der Waals surface area contributed by atoms with Gasteiger partial charge in [-0.05, 0) is 73.3 Å². The van der Waals surface area contributed by atoms with Gasteiger partial charge in [0.15, 0.2) is 5.69 Å². The van der Waals surface area contributed by atoms with Crippen molar-refractivity contribution >= 4 is 26.6 Å². The quantitative estimate of drug-likeness (QED) is 0.232. The second-order valence-electron chi connectivity index (χ2n) is 9.77. The summed E-state index contributed by atoms with van der Waals surface area (Å²) < 4.78 is 34.3. The van der Waals surface area contributed by atoms with E-state index >= 15 is 0 Å². The highest BCUT2D eigenvalue weighted by Crippen LogP contribution is 2.39. The number of aliphatic hydroxyl groups excluding tert-OH is 1. The van der Waals surface area contributed by atoms with Crippen LogP contribution < -0.4 is 4.74 Å². The Balaban J connectivity index is 1.49. The molecule has 3 aromatic carbocycles. The molecule has 0 spiro atoms. The summed E-state index contributed by atoms with van der Waals surface area (Å²) in [5.74, 6) is 0.579. The highest BCUT2D eigenvalue weighted by atomic mass is 32.2. The van der Waals surface area contributed by atoms with Gasteiger partial charge in [-0.1, -0.05) is 48.0 Å². The minimum absolute atomic E-state index is 0.144. The number of hydrogen-bond donors (Lipinski definition) is 1. The first kappa shape index (κ1) is 26.7. The van der Waals surface area contributed by atoms with Gasteiger partial charge >= 0.3 is 0 Å². The van der Waals surface area contributed by atoms with Crippen LogP contribution in [0, 0.1) is 12.5 Å². The van der Waals surface area contributed by atoms with E-state index < -0.39 is 16.1 Å². The van der Waals surface area contributed by atoms with Gasteiger partial charge in [-0.25, -0.2) is 17.2 Å². The molecule has 2 heterocycles. The zero-order chi connectivity index (χ0) is 27.6. The Labute approximate surface area is 229 Å². The van der Waals surface area contributed by atoms with Gasteiger partial charge < -0.3 is 9.84 Å². The molecule has 1 fully saturated rings. The summed E-state index contributed by atoms with van der Waals surface area (Å²) in [6, 6.07) is 22.9. The summed E-state index contributed by atoms with van der Waals surface area (Å²) in [6.45, 7) is 11.6. The second kappa shape index (κ2) is 11.1. The first-order valence-electron chi connectivity index (χ1n) is 12.9. The maximum atomic E-state index is 13.9.